The Labute approximate surface area is 177 Å². The van der Waals surface area contributed by atoms with Gasteiger partial charge in [0, 0.05) is 24.3 Å². The van der Waals surface area contributed by atoms with Gasteiger partial charge in [-0.1, -0.05) is 49.4 Å². The van der Waals surface area contributed by atoms with Gasteiger partial charge >= 0.3 is 0 Å². The lowest BCUT2D eigenvalue weighted by molar-refractivity contribution is -0.384. The fourth-order valence-corrected chi connectivity index (χ4v) is 3.68. The number of amides is 1. The van der Waals surface area contributed by atoms with Crippen LogP contribution >= 0.6 is 0 Å². The Morgan fingerprint density at radius 2 is 1.90 bits per heavy atom. The van der Waals surface area contributed by atoms with Gasteiger partial charge in [-0.05, 0) is 62.0 Å². The molecule has 0 spiro atoms. The number of carbonyl (C=O) groups excluding carboxylic acids is 1. The van der Waals surface area contributed by atoms with Gasteiger partial charge < -0.3 is 10.2 Å². The highest BCUT2D eigenvalue weighted by atomic mass is 16.6. The number of nitro benzene ring substituents is 1. The SMILES string of the molecule is CC1CCN(CCCNC(=O)/C(=C/c2cccc([N+](=O)[O-])c2)c2ccccc2)CC1. The minimum absolute atomic E-state index is 0.00687. The predicted molar refractivity (Wildman–Crippen MR) is 120 cm³/mol. The molecule has 0 aliphatic carbocycles. The zero-order chi connectivity index (χ0) is 21.3. The summed E-state index contributed by atoms with van der Waals surface area (Å²) in [5.74, 6) is 0.647. The number of hydrogen-bond donors (Lipinski definition) is 1. The number of nitrogens with zero attached hydrogens (tertiary/aromatic N) is 2. The van der Waals surface area contributed by atoms with E-state index in [2.05, 4.69) is 17.1 Å². The van der Waals surface area contributed by atoms with E-state index >= 15 is 0 Å². The summed E-state index contributed by atoms with van der Waals surface area (Å²) in [5.41, 5.74) is 1.92. The second kappa shape index (κ2) is 10.7. The third-order valence-corrected chi connectivity index (χ3v) is 5.53. The van der Waals surface area contributed by atoms with Crippen LogP contribution in [0.4, 0.5) is 5.69 Å². The molecule has 1 heterocycles. The van der Waals surface area contributed by atoms with Gasteiger partial charge in [0.05, 0.1) is 4.92 Å². The number of likely N-dealkylation sites (tertiary alicyclic amines) is 1. The summed E-state index contributed by atoms with van der Waals surface area (Å²) in [4.78, 5) is 26.0. The van der Waals surface area contributed by atoms with Crippen molar-refractivity contribution in [3.8, 4) is 0 Å². The molecule has 1 N–H and O–H groups in total. The summed E-state index contributed by atoms with van der Waals surface area (Å²) in [6, 6.07) is 15.7. The molecular formula is C24H29N3O3. The number of non-ortho nitro benzene ring substituents is 1. The third-order valence-electron chi connectivity index (χ3n) is 5.53. The van der Waals surface area contributed by atoms with Gasteiger partial charge in [0.25, 0.3) is 11.6 Å². The lowest BCUT2D eigenvalue weighted by atomic mass is 9.99. The van der Waals surface area contributed by atoms with Crippen LogP contribution in [0.2, 0.25) is 0 Å². The van der Waals surface area contributed by atoms with Gasteiger partial charge in [0.15, 0.2) is 0 Å². The van der Waals surface area contributed by atoms with Crippen molar-refractivity contribution < 1.29 is 9.72 Å². The second-order valence-corrected chi connectivity index (χ2v) is 7.91. The van der Waals surface area contributed by atoms with Gasteiger partial charge in [-0.15, -0.1) is 0 Å². The molecule has 0 unspecified atom stereocenters. The first kappa shape index (κ1) is 21.7. The van der Waals surface area contributed by atoms with Crippen molar-refractivity contribution in [2.45, 2.75) is 26.2 Å². The maximum atomic E-state index is 12.9. The van der Waals surface area contributed by atoms with Crippen molar-refractivity contribution in [1.82, 2.24) is 10.2 Å². The van der Waals surface area contributed by atoms with Crippen molar-refractivity contribution in [3.05, 3.63) is 75.8 Å². The van der Waals surface area contributed by atoms with Crippen molar-refractivity contribution in [2.24, 2.45) is 5.92 Å². The van der Waals surface area contributed by atoms with Crippen molar-refractivity contribution >= 4 is 23.2 Å². The second-order valence-electron chi connectivity index (χ2n) is 7.91. The molecule has 158 valence electrons. The molecule has 2 aromatic rings. The average molecular weight is 408 g/mol. The highest BCUT2D eigenvalue weighted by molar-refractivity contribution is 6.24. The van der Waals surface area contributed by atoms with E-state index in [1.807, 2.05) is 30.3 Å². The van der Waals surface area contributed by atoms with E-state index in [-0.39, 0.29) is 11.6 Å². The minimum Gasteiger partial charge on any atom is -0.352 e. The molecule has 0 aromatic heterocycles. The van der Waals surface area contributed by atoms with Crippen LogP contribution in [-0.4, -0.2) is 41.9 Å². The lowest BCUT2D eigenvalue weighted by Gasteiger charge is -2.30. The number of nitrogens with one attached hydrogen (secondary N) is 1. The largest absolute Gasteiger partial charge is 0.352 e. The zero-order valence-corrected chi connectivity index (χ0v) is 17.4. The summed E-state index contributed by atoms with van der Waals surface area (Å²) in [5, 5.41) is 14.1. The van der Waals surface area contributed by atoms with Gasteiger partial charge in [-0.25, -0.2) is 0 Å². The number of rotatable bonds is 8. The minimum atomic E-state index is -0.430. The smallest absolute Gasteiger partial charge is 0.270 e. The molecule has 0 atom stereocenters. The summed E-state index contributed by atoms with van der Waals surface area (Å²) < 4.78 is 0. The van der Waals surface area contributed by atoms with Crippen molar-refractivity contribution in [1.29, 1.82) is 0 Å². The Bertz CT molecular complexity index is 888. The fraction of sp³-hybridized carbons (Fsp3) is 0.375. The fourth-order valence-electron chi connectivity index (χ4n) is 3.68. The van der Waals surface area contributed by atoms with Crippen molar-refractivity contribution in [3.63, 3.8) is 0 Å². The maximum Gasteiger partial charge on any atom is 0.270 e. The van der Waals surface area contributed by atoms with Gasteiger partial charge in [0.1, 0.15) is 0 Å². The number of nitro groups is 1. The maximum absolute atomic E-state index is 12.9. The van der Waals surface area contributed by atoms with E-state index in [0.29, 0.717) is 17.7 Å². The average Bonchev–Trinajstić information content (AvgIpc) is 2.77. The predicted octanol–water partition coefficient (Wildman–Crippen LogP) is 4.37. The highest BCUT2D eigenvalue weighted by Gasteiger charge is 2.16. The Balaban J connectivity index is 1.66. The highest BCUT2D eigenvalue weighted by Crippen LogP contribution is 2.21. The number of benzene rings is 2. The molecule has 2 aromatic carbocycles. The number of piperidine rings is 1. The number of hydrogen-bond acceptors (Lipinski definition) is 4. The van der Waals surface area contributed by atoms with Gasteiger partial charge in [0.2, 0.25) is 0 Å². The van der Waals surface area contributed by atoms with Gasteiger partial charge in [-0.3, -0.25) is 14.9 Å². The van der Waals surface area contributed by atoms with E-state index in [0.717, 1.165) is 37.5 Å². The molecule has 1 aliphatic heterocycles. The first-order valence-electron chi connectivity index (χ1n) is 10.5. The molecule has 1 aliphatic rings. The van der Waals surface area contributed by atoms with Crippen LogP contribution in [0.3, 0.4) is 0 Å². The van der Waals surface area contributed by atoms with Crippen LogP contribution in [0.25, 0.3) is 11.6 Å². The normalized spacial score (nSPS) is 15.7. The van der Waals surface area contributed by atoms with Gasteiger partial charge in [-0.2, -0.15) is 0 Å². The molecule has 0 bridgehead atoms. The van der Waals surface area contributed by atoms with E-state index in [1.165, 1.54) is 25.0 Å². The Kier molecular flexibility index (Phi) is 7.74. The van der Waals surface area contributed by atoms with E-state index in [1.54, 1.807) is 18.2 Å². The van der Waals surface area contributed by atoms with Crippen LogP contribution in [0.1, 0.15) is 37.3 Å². The third kappa shape index (κ3) is 6.26. The molecule has 3 rings (SSSR count). The number of carbonyl (C=O) groups is 1. The van der Waals surface area contributed by atoms with Crippen LogP contribution in [0, 0.1) is 16.0 Å². The molecule has 6 heteroatoms. The first-order valence-corrected chi connectivity index (χ1v) is 10.5. The first-order chi connectivity index (χ1) is 14.5. The monoisotopic (exact) mass is 407 g/mol. The van der Waals surface area contributed by atoms with Crippen LogP contribution < -0.4 is 5.32 Å². The summed E-state index contributed by atoms with van der Waals surface area (Å²) in [6.07, 6.45) is 5.11. The molecule has 30 heavy (non-hydrogen) atoms. The van der Waals surface area contributed by atoms with E-state index in [4.69, 9.17) is 0 Å². The lowest BCUT2D eigenvalue weighted by Crippen LogP contribution is -2.35. The standard InChI is InChI=1S/C24H29N3O3/c1-19-11-15-26(16-12-19)14-6-13-25-24(28)23(21-8-3-2-4-9-21)18-20-7-5-10-22(17-20)27(29)30/h2-5,7-10,17-19H,6,11-16H2,1H3,(H,25,28)/b23-18+. The summed E-state index contributed by atoms with van der Waals surface area (Å²) in [6.45, 7) is 6.16. The van der Waals surface area contributed by atoms with Crippen LogP contribution in [0.15, 0.2) is 54.6 Å². The van der Waals surface area contributed by atoms with E-state index in [9.17, 15) is 14.9 Å². The Hall–Kier alpha value is -2.99. The zero-order valence-electron chi connectivity index (χ0n) is 17.4. The Morgan fingerprint density at radius 3 is 2.60 bits per heavy atom. The molecule has 1 amide bonds. The van der Waals surface area contributed by atoms with Crippen LogP contribution in [-0.2, 0) is 4.79 Å². The summed E-state index contributed by atoms with van der Waals surface area (Å²) >= 11 is 0. The van der Waals surface area contributed by atoms with Crippen LogP contribution in [0.5, 0.6) is 0 Å². The molecule has 1 fully saturated rings. The molecule has 0 radical (unpaired) electrons. The van der Waals surface area contributed by atoms with Crippen molar-refractivity contribution in [2.75, 3.05) is 26.2 Å². The van der Waals surface area contributed by atoms with E-state index < -0.39 is 4.92 Å². The molecule has 6 nitrogen and oxygen atoms in total. The molecule has 0 saturated carbocycles. The molecule has 1 saturated heterocycles. The quantitative estimate of drug-likeness (QED) is 0.232. The topological polar surface area (TPSA) is 75.5 Å². The Morgan fingerprint density at radius 1 is 1.17 bits per heavy atom. The molecular weight excluding hydrogens is 378 g/mol. The summed E-state index contributed by atoms with van der Waals surface area (Å²) in [7, 11) is 0.